The number of nitrogens with two attached hydrogens (primary N) is 1. The third-order valence-electron chi connectivity index (χ3n) is 4.46. The smallest absolute Gasteiger partial charge is 0.0372 e. The van der Waals surface area contributed by atoms with Crippen molar-refractivity contribution in [3.63, 3.8) is 0 Å². The monoisotopic (exact) mass is 304 g/mol. The molecule has 2 unspecified atom stereocenters. The van der Waals surface area contributed by atoms with Crippen molar-refractivity contribution >= 4 is 11.4 Å². The van der Waals surface area contributed by atoms with E-state index in [1.165, 1.54) is 31.4 Å². The molecule has 22 heavy (non-hydrogen) atoms. The van der Waals surface area contributed by atoms with Gasteiger partial charge in [0.05, 0.1) is 0 Å². The Labute approximate surface area is 138 Å². The molecule has 0 aliphatic heterocycles. The molecule has 0 bridgehead atoms. The Bertz CT molecular complexity index is 390. The van der Waals surface area contributed by atoms with Gasteiger partial charge in [0.25, 0.3) is 0 Å². The lowest BCUT2D eigenvalue weighted by Crippen LogP contribution is -2.40. The van der Waals surface area contributed by atoms with Gasteiger partial charge in [-0.1, -0.05) is 27.7 Å². The van der Waals surface area contributed by atoms with Crippen molar-refractivity contribution in [3.05, 3.63) is 24.3 Å². The molecule has 2 heteroatoms. The topological polar surface area (TPSA) is 29.3 Å². The van der Waals surface area contributed by atoms with Crippen LogP contribution in [0.2, 0.25) is 0 Å². The predicted octanol–water partition coefficient (Wildman–Crippen LogP) is 5.72. The number of hydrogen-bond donors (Lipinski definition) is 1. The van der Waals surface area contributed by atoms with Gasteiger partial charge < -0.3 is 10.6 Å². The normalized spacial score (nSPS) is 14.4. The molecule has 1 aromatic carbocycles. The van der Waals surface area contributed by atoms with Crippen LogP contribution in [0, 0.1) is 11.8 Å². The minimum Gasteiger partial charge on any atom is -0.399 e. The second kappa shape index (κ2) is 9.07. The molecule has 0 amide bonds. The lowest BCUT2D eigenvalue weighted by Gasteiger charge is -2.38. The zero-order chi connectivity index (χ0) is 16.7. The average Bonchev–Trinajstić information content (AvgIpc) is 2.45. The summed E-state index contributed by atoms with van der Waals surface area (Å²) >= 11 is 0. The maximum atomic E-state index is 5.86. The summed E-state index contributed by atoms with van der Waals surface area (Å²) in [6.07, 6.45) is 5.05. The molecular formula is C20H36N2. The Morgan fingerprint density at radius 2 is 1.14 bits per heavy atom. The van der Waals surface area contributed by atoms with Crippen LogP contribution < -0.4 is 10.6 Å². The first-order valence-corrected chi connectivity index (χ1v) is 8.95. The molecule has 0 spiro atoms. The fourth-order valence-electron chi connectivity index (χ4n) is 3.02. The molecule has 0 heterocycles. The van der Waals surface area contributed by atoms with E-state index in [1.54, 1.807) is 0 Å². The van der Waals surface area contributed by atoms with Crippen LogP contribution in [0.15, 0.2) is 24.3 Å². The van der Waals surface area contributed by atoms with Crippen LogP contribution in [0.4, 0.5) is 11.4 Å². The summed E-state index contributed by atoms with van der Waals surface area (Å²) in [5.74, 6) is 1.53. The fourth-order valence-corrected chi connectivity index (χ4v) is 3.02. The molecule has 126 valence electrons. The van der Waals surface area contributed by atoms with E-state index in [0.29, 0.717) is 12.1 Å². The minimum absolute atomic E-state index is 0.563. The Kier molecular flexibility index (Phi) is 7.78. The molecule has 2 nitrogen and oxygen atoms in total. The Balaban J connectivity index is 2.85. The van der Waals surface area contributed by atoms with Crippen LogP contribution >= 0.6 is 0 Å². The number of benzene rings is 1. The van der Waals surface area contributed by atoms with Gasteiger partial charge in [-0.25, -0.2) is 0 Å². The molecule has 2 N–H and O–H groups in total. The van der Waals surface area contributed by atoms with Crippen molar-refractivity contribution in [1.29, 1.82) is 0 Å². The van der Waals surface area contributed by atoms with E-state index in [-0.39, 0.29) is 0 Å². The molecule has 0 saturated carbocycles. The van der Waals surface area contributed by atoms with Gasteiger partial charge in [-0.05, 0) is 75.6 Å². The van der Waals surface area contributed by atoms with Gasteiger partial charge in [0.15, 0.2) is 0 Å². The Hall–Kier alpha value is -1.18. The SMILES string of the molecule is CC(C)CCC(C)N(c1ccc(N)cc1)C(C)CCC(C)C. The van der Waals surface area contributed by atoms with E-state index in [2.05, 4.69) is 58.6 Å². The van der Waals surface area contributed by atoms with Gasteiger partial charge >= 0.3 is 0 Å². The zero-order valence-corrected chi connectivity index (χ0v) is 15.5. The van der Waals surface area contributed by atoms with Gasteiger partial charge in [0.1, 0.15) is 0 Å². The van der Waals surface area contributed by atoms with Crippen LogP contribution in [-0.4, -0.2) is 12.1 Å². The lowest BCUT2D eigenvalue weighted by atomic mass is 9.98. The second-order valence-corrected chi connectivity index (χ2v) is 7.64. The number of nitrogens with zero attached hydrogens (tertiary/aromatic N) is 1. The Morgan fingerprint density at radius 1 is 0.727 bits per heavy atom. The summed E-state index contributed by atoms with van der Waals surface area (Å²) in [5, 5.41) is 0. The third-order valence-corrected chi connectivity index (χ3v) is 4.46. The molecule has 0 fully saturated rings. The summed E-state index contributed by atoms with van der Waals surface area (Å²) in [7, 11) is 0. The highest BCUT2D eigenvalue weighted by Gasteiger charge is 2.21. The highest BCUT2D eigenvalue weighted by molar-refractivity contribution is 5.54. The third kappa shape index (κ3) is 6.29. The van der Waals surface area contributed by atoms with Crippen LogP contribution in [0.1, 0.15) is 67.2 Å². The number of anilines is 2. The standard InChI is InChI=1S/C20H36N2/c1-15(2)7-9-17(5)22(18(6)10-8-16(3)4)20-13-11-19(21)12-14-20/h11-18H,7-10,21H2,1-6H3. The van der Waals surface area contributed by atoms with Gasteiger partial charge in [-0.15, -0.1) is 0 Å². The maximum absolute atomic E-state index is 5.86. The van der Waals surface area contributed by atoms with Gasteiger partial charge in [-0.2, -0.15) is 0 Å². The van der Waals surface area contributed by atoms with Crippen LogP contribution in [0.25, 0.3) is 0 Å². The molecule has 0 radical (unpaired) electrons. The van der Waals surface area contributed by atoms with Gasteiger partial charge in [0, 0.05) is 23.5 Å². The van der Waals surface area contributed by atoms with Crippen LogP contribution in [-0.2, 0) is 0 Å². The zero-order valence-electron chi connectivity index (χ0n) is 15.5. The van der Waals surface area contributed by atoms with Crippen molar-refractivity contribution in [3.8, 4) is 0 Å². The van der Waals surface area contributed by atoms with Crippen molar-refractivity contribution in [1.82, 2.24) is 0 Å². The molecule has 0 saturated heterocycles. The van der Waals surface area contributed by atoms with E-state index >= 15 is 0 Å². The fraction of sp³-hybridized carbons (Fsp3) is 0.700. The molecular weight excluding hydrogens is 268 g/mol. The van der Waals surface area contributed by atoms with E-state index < -0.39 is 0 Å². The molecule has 0 aromatic heterocycles. The van der Waals surface area contributed by atoms with E-state index in [4.69, 9.17) is 5.73 Å². The molecule has 0 aliphatic carbocycles. The van der Waals surface area contributed by atoms with E-state index in [9.17, 15) is 0 Å². The van der Waals surface area contributed by atoms with Gasteiger partial charge in [-0.3, -0.25) is 0 Å². The molecule has 1 rings (SSSR count). The molecule has 0 aliphatic rings. The first kappa shape index (κ1) is 18.9. The van der Waals surface area contributed by atoms with Gasteiger partial charge in [0.2, 0.25) is 0 Å². The van der Waals surface area contributed by atoms with E-state index in [1.807, 2.05) is 12.1 Å². The lowest BCUT2D eigenvalue weighted by molar-refractivity contribution is 0.431. The van der Waals surface area contributed by atoms with Crippen molar-refractivity contribution in [2.45, 2.75) is 79.3 Å². The summed E-state index contributed by atoms with van der Waals surface area (Å²) < 4.78 is 0. The first-order chi connectivity index (χ1) is 10.3. The molecule has 1 aromatic rings. The largest absolute Gasteiger partial charge is 0.399 e. The van der Waals surface area contributed by atoms with Crippen LogP contribution in [0.5, 0.6) is 0 Å². The maximum Gasteiger partial charge on any atom is 0.0372 e. The quantitative estimate of drug-likeness (QED) is 0.591. The second-order valence-electron chi connectivity index (χ2n) is 7.64. The summed E-state index contributed by atoms with van der Waals surface area (Å²) in [6, 6.07) is 9.51. The number of hydrogen-bond acceptors (Lipinski definition) is 2. The first-order valence-electron chi connectivity index (χ1n) is 8.95. The summed E-state index contributed by atoms with van der Waals surface area (Å²) in [4.78, 5) is 2.60. The highest BCUT2D eigenvalue weighted by atomic mass is 15.2. The molecule has 2 atom stereocenters. The number of nitrogen functional groups attached to an aromatic ring is 1. The van der Waals surface area contributed by atoms with Crippen molar-refractivity contribution in [2.75, 3.05) is 10.6 Å². The van der Waals surface area contributed by atoms with Crippen molar-refractivity contribution in [2.24, 2.45) is 11.8 Å². The van der Waals surface area contributed by atoms with E-state index in [0.717, 1.165) is 17.5 Å². The Morgan fingerprint density at radius 3 is 1.50 bits per heavy atom. The minimum atomic E-state index is 0.563. The predicted molar refractivity (Wildman–Crippen MR) is 100 cm³/mol. The summed E-state index contributed by atoms with van der Waals surface area (Å²) in [6.45, 7) is 14.0. The number of rotatable bonds is 9. The average molecular weight is 305 g/mol. The summed E-state index contributed by atoms with van der Waals surface area (Å²) in [5.41, 5.74) is 8.01. The van der Waals surface area contributed by atoms with Crippen molar-refractivity contribution < 1.29 is 0 Å². The highest BCUT2D eigenvalue weighted by Crippen LogP contribution is 2.26. The van der Waals surface area contributed by atoms with Crippen LogP contribution in [0.3, 0.4) is 0 Å².